The van der Waals surface area contributed by atoms with Gasteiger partial charge in [0, 0.05) is 11.1 Å². The zero-order chi connectivity index (χ0) is 28.6. The van der Waals surface area contributed by atoms with Crippen molar-refractivity contribution in [2.24, 2.45) is 4.99 Å². The van der Waals surface area contributed by atoms with Crippen LogP contribution < -0.4 is 0 Å². The Morgan fingerprint density at radius 1 is 0.821 bits per heavy atom. The third-order valence-corrected chi connectivity index (χ3v) is 5.36. The molecule has 0 aliphatic carbocycles. The Kier molecular flexibility index (Phi) is 9.51. The molecule has 0 saturated carbocycles. The molecule has 0 amide bonds. The third-order valence-electron chi connectivity index (χ3n) is 5.36. The average molecular weight is 542 g/mol. The molecule has 0 bridgehead atoms. The van der Waals surface area contributed by atoms with Crippen molar-refractivity contribution in [3.05, 3.63) is 107 Å². The van der Waals surface area contributed by atoms with Crippen LogP contribution in [0.25, 0.3) is 0 Å². The Bertz CT molecular complexity index is 1230. The number of halogens is 3. The van der Waals surface area contributed by atoms with E-state index in [9.17, 15) is 22.8 Å². The molecule has 0 aliphatic heterocycles. The minimum Gasteiger partial charge on any atom is -0.464 e. The van der Waals surface area contributed by atoms with E-state index < -0.39 is 41.6 Å². The molecule has 0 radical (unpaired) electrons. The summed E-state index contributed by atoms with van der Waals surface area (Å²) in [6.45, 7) is 6.50. The Morgan fingerprint density at radius 2 is 1.33 bits per heavy atom. The Hall–Kier alpha value is -4.14. The fraction of sp³-hybridized carbons (Fsp3) is 0.300. The summed E-state index contributed by atoms with van der Waals surface area (Å²) in [5.41, 5.74) is 0.0228. The van der Waals surface area contributed by atoms with Crippen LogP contribution in [-0.2, 0) is 25.2 Å². The summed E-state index contributed by atoms with van der Waals surface area (Å²) in [5, 5.41) is 0. The highest BCUT2D eigenvalue weighted by molar-refractivity contribution is 6.13. The summed E-state index contributed by atoms with van der Waals surface area (Å²) in [6, 6.07) is 20.6. The van der Waals surface area contributed by atoms with E-state index >= 15 is 0 Å². The smallest absolute Gasteiger partial charge is 0.464 e. The lowest BCUT2D eigenvalue weighted by Crippen LogP contribution is -2.34. The molecule has 0 N–H and O–H groups in total. The molecule has 0 aliphatic rings. The Labute approximate surface area is 225 Å². The molecule has 0 heterocycles. The van der Waals surface area contributed by atoms with Crippen molar-refractivity contribution < 1.29 is 37.0 Å². The van der Waals surface area contributed by atoms with Crippen LogP contribution in [-0.4, -0.2) is 36.1 Å². The highest BCUT2D eigenvalue weighted by Gasteiger charge is 2.37. The van der Waals surface area contributed by atoms with E-state index in [2.05, 4.69) is 0 Å². The van der Waals surface area contributed by atoms with Crippen molar-refractivity contribution >= 4 is 17.8 Å². The van der Waals surface area contributed by atoms with Crippen molar-refractivity contribution in [2.45, 2.75) is 51.6 Å². The maximum Gasteiger partial charge on any atom is 0.509 e. The number of hydrogen-bond acceptors (Lipinski definition) is 6. The van der Waals surface area contributed by atoms with Crippen molar-refractivity contribution in [1.29, 1.82) is 0 Å². The monoisotopic (exact) mass is 541 g/mol. The molecule has 6 nitrogen and oxygen atoms in total. The number of carbonyl (C=O) groups excluding carboxylic acids is 2. The molecular formula is C30H30F3NO5. The first-order valence-electron chi connectivity index (χ1n) is 12.3. The van der Waals surface area contributed by atoms with E-state index in [-0.39, 0.29) is 12.2 Å². The average Bonchev–Trinajstić information content (AvgIpc) is 2.88. The van der Waals surface area contributed by atoms with Gasteiger partial charge < -0.3 is 14.2 Å². The van der Waals surface area contributed by atoms with Crippen LogP contribution in [0.4, 0.5) is 18.0 Å². The van der Waals surface area contributed by atoms with E-state index in [0.717, 1.165) is 24.3 Å². The third kappa shape index (κ3) is 8.43. The number of hydrogen-bond donors (Lipinski definition) is 0. The molecule has 0 unspecified atom stereocenters. The summed E-state index contributed by atoms with van der Waals surface area (Å²) < 4.78 is 55.9. The largest absolute Gasteiger partial charge is 0.509 e. The van der Waals surface area contributed by atoms with Gasteiger partial charge in [-0.3, -0.25) is 4.99 Å². The van der Waals surface area contributed by atoms with Crippen molar-refractivity contribution in [3.63, 3.8) is 0 Å². The second kappa shape index (κ2) is 12.6. The van der Waals surface area contributed by atoms with Gasteiger partial charge >= 0.3 is 18.3 Å². The van der Waals surface area contributed by atoms with Gasteiger partial charge in [-0.2, -0.15) is 13.2 Å². The van der Waals surface area contributed by atoms with E-state index in [4.69, 9.17) is 19.2 Å². The van der Waals surface area contributed by atoms with Crippen LogP contribution in [0.5, 0.6) is 0 Å². The van der Waals surface area contributed by atoms with Crippen LogP contribution >= 0.6 is 0 Å². The summed E-state index contributed by atoms with van der Waals surface area (Å²) in [5.74, 6) is -0.824. The topological polar surface area (TPSA) is 74.2 Å². The lowest BCUT2D eigenvalue weighted by atomic mass is 9.98. The Balaban J connectivity index is 2.20. The standard InChI is InChI=1S/C30H30F3NO5/c1-5-37-27(35)25(34-24(20-12-8-6-9-13-20)21-14-10-7-11-15-21)26(38-28(36)39-29(2,3)4)22-16-18-23(19-17-22)30(31,32)33/h6-19,25-26H,5H2,1-4H3/t25-,26+/m1/s1. The number of aliphatic imine (C=N–C) groups is 1. The fourth-order valence-electron chi connectivity index (χ4n) is 3.67. The molecule has 206 valence electrons. The summed E-state index contributed by atoms with van der Waals surface area (Å²) in [4.78, 5) is 30.8. The highest BCUT2D eigenvalue weighted by atomic mass is 19.4. The second-order valence-corrected chi connectivity index (χ2v) is 9.53. The van der Waals surface area contributed by atoms with Gasteiger partial charge in [-0.1, -0.05) is 72.8 Å². The molecule has 3 aromatic rings. The normalized spacial score (nSPS) is 13.1. The molecule has 9 heteroatoms. The maximum atomic E-state index is 13.3. The van der Waals surface area contributed by atoms with Gasteiger partial charge in [-0.15, -0.1) is 0 Å². The van der Waals surface area contributed by atoms with Crippen molar-refractivity contribution in [1.82, 2.24) is 0 Å². The zero-order valence-corrected chi connectivity index (χ0v) is 22.1. The summed E-state index contributed by atoms with van der Waals surface area (Å²) in [7, 11) is 0. The molecule has 3 aromatic carbocycles. The number of ether oxygens (including phenoxy) is 3. The van der Waals surface area contributed by atoms with Crippen LogP contribution in [0.2, 0.25) is 0 Å². The van der Waals surface area contributed by atoms with Crippen LogP contribution in [0.15, 0.2) is 89.9 Å². The number of esters is 1. The van der Waals surface area contributed by atoms with E-state index in [1.54, 1.807) is 76.2 Å². The molecule has 0 saturated heterocycles. The highest BCUT2D eigenvalue weighted by Crippen LogP contribution is 2.33. The zero-order valence-electron chi connectivity index (χ0n) is 22.1. The van der Waals surface area contributed by atoms with Gasteiger partial charge in [0.25, 0.3) is 0 Å². The van der Waals surface area contributed by atoms with Crippen LogP contribution in [0, 0.1) is 0 Å². The maximum absolute atomic E-state index is 13.3. The van der Waals surface area contributed by atoms with E-state index in [1.165, 1.54) is 0 Å². The number of benzene rings is 3. The van der Waals surface area contributed by atoms with Crippen LogP contribution in [0.1, 0.15) is 56.1 Å². The van der Waals surface area contributed by atoms with Gasteiger partial charge in [-0.05, 0) is 45.4 Å². The molecule has 39 heavy (non-hydrogen) atoms. The predicted molar refractivity (Wildman–Crippen MR) is 140 cm³/mol. The number of alkyl halides is 3. The van der Waals surface area contributed by atoms with Crippen LogP contribution in [0.3, 0.4) is 0 Å². The van der Waals surface area contributed by atoms with Gasteiger partial charge in [0.2, 0.25) is 0 Å². The van der Waals surface area contributed by atoms with Gasteiger partial charge in [0.15, 0.2) is 12.1 Å². The first kappa shape index (κ1) is 29.4. The lowest BCUT2D eigenvalue weighted by molar-refractivity contribution is -0.148. The fourth-order valence-corrected chi connectivity index (χ4v) is 3.67. The first-order chi connectivity index (χ1) is 18.4. The molecule has 0 spiro atoms. The SMILES string of the molecule is CCOC(=O)[C@H](N=C(c1ccccc1)c1ccccc1)[C@@H](OC(=O)OC(C)(C)C)c1ccc(C(F)(F)F)cc1. The first-order valence-corrected chi connectivity index (χ1v) is 12.3. The Morgan fingerprint density at radius 3 is 1.77 bits per heavy atom. The quantitative estimate of drug-likeness (QED) is 0.223. The van der Waals surface area contributed by atoms with Crippen molar-refractivity contribution in [3.8, 4) is 0 Å². The molecule has 0 fully saturated rings. The molecule has 3 rings (SSSR count). The second-order valence-electron chi connectivity index (χ2n) is 9.53. The number of rotatable bonds is 8. The molecular weight excluding hydrogens is 511 g/mol. The lowest BCUT2D eigenvalue weighted by Gasteiger charge is -2.26. The van der Waals surface area contributed by atoms with Gasteiger partial charge in [0.1, 0.15) is 5.60 Å². The van der Waals surface area contributed by atoms with E-state index in [1.807, 2.05) is 12.1 Å². The molecule has 2 atom stereocenters. The summed E-state index contributed by atoms with van der Waals surface area (Å²) >= 11 is 0. The minimum absolute atomic E-state index is 0.00301. The number of carbonyl (C=O) groups is 2. The van der Waals surface area contributed by atoms with Crippen molar-refractivity contribution in [2.75, 3.05) is 6.61 Å². The van der Waals surface area contributed by atoms with E-state index in [0.29, 0.717) is 16.8 Å². The predicted octanol–water partition coefficient (Wildman–Crippen LogP) is 7.17. The summed E-state index contributed by atoms with van der Waals surface area (Å²) in [6.07, 6.45) is -7.14. The minimum atomic E-state index is -4.58. The number of nitrogens with zero attached hydrogens (tertiary/aromatic N) is 1. The molecule has 0 aromatic heterocycles. The van der Waals surface area contributed by atoms with Gasteiger partial charge in [-0.25, -0.2) is 9.59 Å². The van der Waals surface area contributed by atoms with Gasteiger partial charge in [0.05, 0.1) is 17.9 Å².